The van der Waals surface area contributed by atoms with E-state index < -0.39 is 0 Å². The van der Waals surface area contributed by atoms with Gasteiger partial charge in [-0.05, 0) is 5.75 Å². The van der Waals surface area contributed by atoms with Crippen LogP contribution in [0.2, 0.25) is 0 Å². The molecule has 1 heterocycles. The zero-order valence-electron chi connectivity index (χ0n) is 6.34. The van der Waals surface area contributed by atoms with Gasteiger partial charge in [-0.3, -0.25) is 0 Å². The largest absolute Gasteiger partial charge is 0.378 e. The van der Waals surface area contributed by atoms with Crippen molar-refractivity contribution in [3.05, 3.63) is 0 Å². The maximum absolute atomic E-state index is 5.31. The van der Waals surface area contributed by atoms with Crippen molar-refractivity contribution in [2.24, 2.45) is 0 Å². The van der Waals surface area contributed by atoms with Crippen molar-refractivity contribution in [3.8, 4) is 0 Å². The molecule has 0 bridgehead atoms. The van der Waals surface area contributed by atoms with Gasteiger partial charge in [-0.1, -0.05) is 6.92 Å². The second-order valence-electron chi connectivity index (χ2n) is 2.23. The van der Waals surface area contributed by atoms with Gasteiger partial charge in [0.15, 0.2) is 0 Å². The minimum Gasteiger partial charge on any atom is -0.378 e. The summed E-state index contributed by atoms with van der Waals surface area (Å²) in [7, 11) is 0. The van der Waals surface area contributed by atoms with Crippen LogP contribution < -0.4 is 0 Å². The summed E-state index contributed by atoms with van der Waals surface area (Å²) < 4.78 is 10.3. The minimum absolute atomic E-state index is 0.423. The lowest BCUT2D eigenvalue weighted by Gasteiger charge is -1.99. The molecule has 0 saturated carbocycles. The second kappa shape index (κ2) is 4.99. The predicted octanol–water partition coefficient (Wildman–Crippen LogP) is 1.15. The summed E-state index contributed by atoms with van der Waals surface area (Å²) in [5.41, 5.74) is 0. The Morgan fingerprint density at radius 1 is 1.70 bits per heavy atom. The molecule has 60 valence electrons. The SMILES string of the molecule is CCSCCOCC1CO1. The van der Waals surface area contributed by atoms with Crippen molar-refractivity contribution in [1.82, 2.24) is 0 Å². The third kappa shape index (κ3) is 4.14. The first-order chi connectivity index (χ1) is 4.93. The molecule has 1 saturated heterocycles. The van der Waals surface area contributed by atoms with E-state index in [4.69, 9.17) is 9.47 Å². The van der Waals surface area contributed by atoms with Crippen LogP contribution in [0.25, 0.3) is 0 Å². The van der Waals surface area contributed by atoms with Gasteiger partial charge < -0.3 is 9.47 Å². The Balaban J connectivity index is 1.68. The number of ether oxygens (including phenoxy) is 2. The van der Waals surface area contributed by atoms with E-state index in [1.807, 2.05) is 11.8 Å². The fourth-order valence-electron chi connectivity index (χ4n) is 0.641. The van der Waals surface area contributed by atoms with Gasteiger partial charge in [-0.15, -0.1) is 0 Å². The molecular weight excluding hydrogens is 148 g/mol. The number of epoxide rings is 1. The first-order valence-electron chi connectivity index (χ1n) is 3.70. The summed E-state index contributed by atoms with van der Waals surface area (Å²) in [5, 5.41) is 0. The molecule has 1 aliphatic heterocycles. The lowest BCUT2D eigenvalue weighted by Crippen LogP contribution is -2.04. The maximum atomic E-state index is 5.31. The Bertz CT molecular complexity index is 83.7. The van der Waals surface area contributed by atoms with E-state index in [-0.39, 0.29) is 0 Å². The highest BCUT2D eigenvalue weighted by Gasteiger charge is 2.21. The molecule has 3 heteroatoms. The normalized spacial score (nSPS) is 23.1. The third-order valence-electron chi connectivity index (χ3n) is 1.28. The number of hydrogen-bond acceptors (Lipinski definition) is 3. The van der Waals surface area contributed by atoms with Gasteiger partial charge in [0.05, 0.1) is 19.8 Å². The summed E-state index contributed by atoms with van der Waals surface area (Å²) in [6, 6.07) is 0. The molecule has 1 atom stereocenters. The van der Waals surface area contributed by atoms with Gasteiger partial charge in [-0.25, -0.2) is 0 Å². The summed E-state index contributed by atoms with van der Waals surface area (Å²) in [5.74, 6) is 2.30. The fourth-order valence-corrected chi connectivity index (χ4v) is 1.17. The number of thioether (sulfide) groups is 1. The molecule has 0 aromatic rings. The van der Waals surface area contributed by atoms with Crippen molar-refractivity contribution in [1.29, 1.82) is 0 Å². The molecule has 1 rings (SSSR count). The first kappa shape index (κ1) is 8.37. The molecule has 0 aliphatic carbocycles. The first-order valence-corrected chi connectivity index (χ1v) is 4.86. The van der Waals surface area contributed by atoms with Crippen LogP contribution in [0.15, 0.2) is 0 Å². The average Bonchev–Trinajstić information content (AvgIpc) is 2.71. The van der Waals surface area contributed by atoms with E-state index in [9.17, 15) is 0 Å². The zero-order chi connectivity index (χ0) is 7.23. The van der Waals surface area contributed by atoms with Crippen LogP contribution in [0.4, 0.5) is 0 Å². The lowest BCUT2D eigenvalue weighted by molar-refractivity contribution is 0.130. The molecule has 0 amide bonds. The Morgan fingerprint density at radius 3 is 3.10 bits per heavy atom. The second-order valence-corrected chi connectivity index (χ2v) is 3.62. The van der Waals surface area contributed by atoms with Crippen molar-refractivity contribution in [2.45, 2.75) is 13.0 Å². The van der Waals surface area contributed by atoms with Gasteiger partial charge in [0.1, 0.15) is 6.10 Å². The quantitative estimate of drug-likeness (QED) is 0.432. The predicted molar refractivity (Wildman–Crippen MR) is 43.6 cm³/mol. The van der Waals surface area contributed by atoms with E-state index in [0.29, 0.717) is 6.10 Å². The van der Waals surface area contributed by atoms with E-state index in [1.165, 1.54) is 5.75 Å². The summed E-state index contributed by atoms with van der Waals surface area (Å²) in [6.07, 6.45) is 0.423. The van der Waals surface area contributed by atoms with E-state index in [2.05, 4.69) is 6.92 Å². The lowest BCUT2D eigenvalue weighted by atomic mass is 10.5. The van der Waals surface area contributed by atoms with E-state index >= 15 is 0 Å². The van der Waals surface area contributed by atoms with Crippen LogP contribution in [0.1, 0.15) is 6.92 Å². The molecule has 1 fully saturated rings. The van der Waals surface area contributed by atoms with Crippen LogP contribution in [-0.2, 0) is 9.47 Å². The molecule has 0 spiro atoms. The average molecular weight is 162 g/mol. The Hall–Kier alpha value is 0.270. The van der Waals surface area contributed by atoms with Gasteiger partial charge in [0.2, 0.25) is 0 Å². The molecule has 10 heavy (non-hydrogen) atoms. The minimum atomic E-state index is 0.423. The summed E-state index contributed by atoms with van der Waals surface area (Å²) >= 11 is 1.91. The highest BCUT2D eigenvalue weighted by Crippen LogP contribution is 2.08. The van der Waals surface area contributed by atoms with Crippen LogP contribution in [0.5, 0.6) is 0 Å². The van der Waals surface area contributed by atoms with Crippen LogP contribution >= 0.6 is 11.8 Å². The van der Waals surface area contributed by atoms with Gasteiger partial charge in [-0.2, -0.15) is 11.8 Å². The molecular formula is C7H14O2S. The third-order valence-corrected chi connectivity index (χ3v) is 2.15. The monoisotopic (exact) mass is 162 g/mol. The Kier molecular flexibility index (Phi) is 4.18. The highest BCUT2D eigenvalue weighted by atomic mass is 32.2. The smallest absolute Gasteiger partial charge is 0.104 e. The van der Waals surface area contributed by atoms with Crippen LogP contribution in [0.3, 0.4) is 0 Å². The summed E-state index contributed by atoms with van der Waals surface area (Å²) in [4.78, 5) is 0. The fraction of sp³-hybridized carbons (Fsp3) is 1.00. The molecule has 0 aromatic carbocycles. The van der Waals surface area contributed by atoms with Gasteiger partial charge in [0.25, 0.3) is 0 Å². The van der Waals surface area contributed by atoms with Crippen LogP contribution in [-0.4, -0.2) is 37.4 Å². The standard InChI is InChI=1S/C7H14O2S/c1-2-10-4-3-8-5-7-6-9-7/h7H,2-6H2,1H3. The molecule has 1 aliphatic rings. The highest BCUT2D eigenvalue weighted by molar-refractivity contribution is 7.99. The summed E-state index contributed by atoms with van der Waals surface area (Å²) in [6.45, 7) is 4.73. The Morgan fingerprint density at radius 2 is 2.50 bits per heavy atom. The molecule has 0 aromatic heterocycles. The van der Waals surface area contributed by atoms with E-state index in [1.54, 1.807) is 0 Å². The molecule has 2 nitrogen and oxygen atoms in total. The van der Waals surface area contributed by atoms with Crippen LogP contribution in [0, 0.1) is 0 Å². The van der Waals surface area contributed by atoms with Gasteiger partial charge in [0, 0.05) is 5.75 Å². The zero-order valence-corrected chi connectivity index (χ0v) is 7.15. The molecule has 0 radical (unpaired) electrons. The van der Waals surface area contributed by atoms with E-state index in [0.717, 1.165) is 25.6 Å². The van der Waals surface area contributed by atoms with Gasteiger partial charge >= 0.3 is 0 Å². The van der Waals surface area contributed by atoms with Crippen molar-refractivity contribution >= 4 is 11.8 Å². The maximum Gasteiger partial charge on any atom is 0.104 e. The van der Waals surface area contributed by atoms with Crippen molar-refractivity contribution in [3.63, 3.8) is 0 Å². The topological polar surface area (TPSA) is 21.8 Å². The van der Waals surface area contributed by atoms with Crippen molar-refractivity contribution in [2.75, 3.05) is 31.3 Å². The number of hydrogen-bond donors (Lipinski definition) is 0. The molecule has 0 N–H and O–H groups in total. The number of rotatable bonds is 6. The Labute approximate surface area is 66.3 Å². The molecule has 1 unspecified atom stereocenters. The van der Waals surface area contributed by atoms with Crippen molar-refractivity contribution < 1.29 is 9.47 Å².